The van der Waals surface area contributed by atoms with Gasteiger partial charge in [0.25, 0.3) is 0 Å². The van der Waals surface area contributed by atoms with E-state index in [0.717, 1.165) is 11.1 Å². The number of hydrogen-bond acceptors (Lipinski definition) is 3. The van der Waals surface area contributed by atoms with E-state index in [2.05, 4.69) is 5.32 Å². The molecule has 1 N–H and O–H groups in total. The number of carbonyl (C=O) groups is 1. The predicted octanol–water partition coefficient (Wildman–Crippen LogP) is 3.69. The predicted molar refractivity (Wildman–Crippen MR) is 91.9 cm³/mol. The average molecular weight is 332 g/mol. The van der Waals surface area contributed by atoms with Crippen molar-refractivity contribution in [3.63, 3.8) is 0 Å². The van der Waals surface area contributed by atoms with Gasteiger partial charge in [0.05, 0.1) is 14.2 Å². The van der Waals surface area contributed by atoms with Crippen LogP contribution >= 0.6 is 11.6 Å². The van der Waals surface area contributed by atoms with E-state index in [0.29, 0.717) is 23.1 Å². The average Bonchev–Trinajstić information content (AvgIpc) is 2.59. The molecule has 5 heteroatoms. The van der Waals surface area contributed by atoms with Gasteiger partial charge in [-0.25, -0.2) is 0 Å². The maximum Gasteiger partial charge on any atom is 0.244 e. The molecule has 0 unspecified atom stereocenters. The van der Waals surface area contributed by atoms with Crippen LogP contribution in [0.4, 0.5) is 0 Å². The summed E-state index contributed by atoms with van der Waals surface area (Å²) in [5.74, 6) is 1.16. The largest absolute Gasteiger partial charge is 0.497 e. The van der Waals surface area contributed by atoms with Gasteiger partial charge in [0, 0.05) is 29.3 Å². The van der Waals surface area contributed by atoms with Crippen molar-refractivity contribution in [3.8, 4) is 11.5 Å². The molecular formula is C18H18ClNO3. The molecule has 0 atom stereocenters. The molecule has 120 valence electrons. The third kappa shape index (κ3) is 5.04. The van der Waals surface area contributed by atoms with Gasteiger partial charge in [-0.3, -0.25) is 4.79 Å². The quantitative estimate of drug-likeness (QED) is 0.821. The Bertz CT molecular complexity index is 696. The highest BCUT2D eigenvalue weighted by molar-refractivity contribution is 6.30. The van der Waals surface area contributed by atoms with E-state index >= 15 is 0 Å². The minimum absolute atomic E-state index is 0.183. The molecule has 0 aromatic heterocycles. The number of amides is 1. The van der Waals surface area contributed by atoms with Crippen molar-refractivity contribution in [1.29, 1.82) is 0 Å². The van der Waals surface area contributed by atoms with Gasteiger partial charge >= 0.3 is 0 Å². The lowest BCUT2D eigenvalue weighted by atomic mass is 10.1. The number of ether oxygens (including phenoxy) is 2. The number of rotatable bonds is 6. The van der Waals surface area contributed by atoms with E-state index in [1.807, 2.05) is 24.3 Å². The number of benzene rings is 2. The molecule has 0 fully saturated rings. The highest BCUT2D eigenvalue weighted by Crippen LogP contribution is 2.25. The summed E-state index contributed by atoms with van der Waals surface area (Å²) < 4.78 is 10.4. The Morgan fingerprint density at radius 1 is 1.13 bits per heavy atom. The SMILES string of the molecule is COc1ccc(C=CC(=O)NCc2ccc(Cl)cc2)c(OC)c1. The summed E-state index contributed by atoms with van der Waals surface area (Å²) in [6.45, 7) is 0.445. The molecule has 2 rings (SSSR count). The van der Waals surface area contributed by atoms with E-state index in [-0.39, 0.29) is 5.91 Å². The number of methoxy groups -OCH3 is 2. The monoisotopic (exact) mass is 331 g/mol. The molecule has 0 bridgehead atoms. The third-order valence-corrected chi connectivity index (χ3v) is 3.49. The fourth-order valence-electron chi connectivity index (χ4n) is 1.97. The van der Waals surface area contributed by atoms with Crippen molar-refractivity contribution in [2.24, 2.45) is 0 Å². The first-order valence-electron chi connectivity index (χ1n) is 7.05. The van der Waals surface area contributed by atoms with Gasteiger partial charge in [-0.15, -0.1) is 0 Å². The minimum Gasteiger partial charge on any atom is -0.497 e. The number of hydrogen-bond donors (Lipinski definition) is 1. The van der Waals surface area contributed by atoms with Crippen LogP contribution < -0.4 is 14.8 Å². The number of nitrogens with one attached hydrogen (secondary N) is 1. The maximum atomic E-state index is 11.9. The van der Waals surface area contributed by atoms with Gasteiger partial charge in [-0.2, -0.15) is 0 Å². The van der Waals surface area contributed by atoms with E-state index in [9.17, 15) is 4.79 Å². The summed E-state index contributed by atoms with van der Waals surface area (Å²) in [7, 11) is 3.17. The second kappa shape index (κ2) is 8.25. The van der Waals surface area contributed by atoms with E-state index < -0.39 is 0 Å². The lowest BCUT2D eigenvalue weighted by Gasteiger charge is -2.07. The van der Waals surface area contributed by atoms with Crippen LogP contribution in [-0.2, 0) is 11.3 Å². The molecule has 1 amide bonds. The first-order chi connectivity index (χ1) is 11.1. The minimum atomic E-state index is -0.183. The van der Waals surface area contributed by atoms with Gasteiger partial charge in [-0.05, 0) is 35.9 Å². The molecule has 0 saturated heterocycles. The van der Waals surface area contributed by atoms with Crippen molar-refractivity contribution in [1.82, 2.24) is 5.32 Å². The van der Waals surface area contributed by atoms with Crippen LogP contribution in [0.2, 0.25) is 5.02 Å². The van der Waals surface area contributed by atoms with Crippen LogP contribution in [0.1, 0.15) is 11.1 Å². The molecule has 4 nitrogen and oxygen atoms in total. The van der Waals surface area contributed by atoms with E-state index in [4.69, 9.17) is 21.1 Å². The van der Waals surface area contributed by atoms with Crippen molar-refractivity contribution in [2.45, 2.75) is 6.54 Å². The maximum absolute atomic E-state index is 11.9. The molecule has 0 heterocycles. The Hall–Kier alpha value is -2.46. The molecule has 0 aliphatic heterocycles. The van der Waals surface area contributed by atoms with Crippen LogP contribution in [0.15, 0.2) is 48.5 Å². The summed E-state index contributed by atoms with van der Waals surface area (Å²) in [5, 5.41) is 3.49. The van der Waals surface area contributed by atoms with Crippen LogP contribution in [0.5, 0.6) is 11.5 Å². The lowest BCUT2D eigenvalue weighted by molar-refractivity contribution is -0.116. The summed E-state index contributed by atoms with van der Waals surface area (Å²) >= 11 is 5.82. The normalized spacial score (nSPS) is 10.6. The van der Waals surface area contributed by atoms with Gasteiger partial charge in [0.2, 0.25) is 5.91 Å². The van der Waals surface area contributed by atoms with Crippen molar-refractivity contribution in [3.05, 3.63) is 64.7 Å². The fourth-order valence-corrected chi connectivity index (χ4v) is 2.10. The van der Waals surface area contributed by atoms with Gasteiger partial charge in [0.1, 0.15) is 11.5 Å². The summed E-state index contributed by atoms with van der Waals surface area (Å²) in [4.78, 5) is 11.9. The molecule has 0 saturated carbocycles. The summed E-state index contributed by atoms with van der Waals surface area (Å²) in [6.07, 6.45) is 3.18. The first kappa shape index (κ1) is 16.9. The molecule has 2 aromatic rings. The highest BCUT2D eigenvalue weighted by atomic mass is 35.5. The molecule has 0 aliphatic carbocycles. The number of carbonyl (C=O) groups excluding carboxylic acids is 1. The van der Waals surface area contributed by atoms with Crippen molar-refractivity contribution in [2.75, 3.05) is 14.2 Å². The molecule has 2 aromatic carbocycles. The van der Waals surface area contributed by atoms with E-state index in [1.54, 1.807) is 38.5 Å². The fraction of sp³-hybridized carbons (Fsp3) is 0.167. The third-order valence-electron chi connectivity index (χ3n) is 3.23. The lowest BCUT2D eigenvalue weighted by Crippen LogP contribution is -2.20. The zero-order chi connectivity index (χ0) is 16.7. The van der Waals surface area contributed by atoms with Gasteiger partial charge in [-0.1, -0.05) is 23.7 Å². The first-order valence-corrected chi connectivity index (χ1v) is 7.42. The Labute approximate surface area is 140 Å². The molecule has 0 spiro atoms. The Balaban J connectivity index is 1.96. The highest BCUT2D eigenvalue weighted by Gasteiger charge is 2.03. The number of halogens is 1. The van der Waals surface area contributed by atoms with Crippen LogP contribution in [0, 0.1) is 0 Å². The van der Waals surface area contributed by atoms with Crippen LogP contribution in [0.25, 0.3) is 6.08 Å². The van der Waals surface area contributed by atoms with Crippen LogP contribution in [0.3, 0.4) is 0 Å². The summed E-state index contributed by atoms with van der Waals surface area (Å²) in [6, 6.07) is 12.7. The summed E-state index contributed by atoms with van der Waals surface area (Å²) in [5.41, 5.74) is 1.79. The Kier molecular flexibility index (Phi) is 6.06. The van der Waals surface area contributed by atoms with E-state index in [1.165, 1.54) is 6.08 Å². The topological polar surface area (TPSA) is 47.6 Å². The Morgan fingerprint density at radius 3 is 2.52 bits per heavy atom. The van der Waals surface area contributed by atoms with Crippen molar-refractivity contribution >= 4 is 23.6 Å². The molecular weight excluding hydrogens is 314 g/mol. The molecule has 0 aliphatic rings. The Morgan fingerprint density at radius 2 is 1.87 bits per heavy atom. The smallest absolute Gasteiger partial charge is 0.244 e. The zero-order valence-corrected chi connectivity index (χ0v) is 13.8. The van der Waals surface area contributed by atoms with Gasteiger partial charge in [0.15, 0.2) is 0 Å². The molecule has 0 radical (unpaired) electrons. The second-order valence-corrected chi connectivity index (χ2v) is 5.22. The zero-order valence-electron chi connectivity index (χ0n) is 13.0. The molecule has 23 heavy (non-hydrogen) atoms. The van der Waals surface area contributed by atoms with Crippen molar-refractivity contribution < 1.29 is 14.3 Å². The van der Waals surface area contributed by atoms with Gasteiger partial charge < -0.3 is 14.8 Å². The second-order valence-electron chi connectivity index (χ2n) is 4.79. The standard InChI is InChI=1S/C18H18ClNO3/c1-22-16-9-5-14(17(11-16)23-2)6-10-18(21)20-12-13-3-7-15(19)8-4-13/h3-11H,12H2,1-2H3,(H,20,21). The van der Waals surface area contributed by atoms with Crippen LogP contribution in [-0.4, -0.2) is 20.1 Å².